The second-order valence-electron chi connectivity index (χ2n) is 9.67. The Balaban J connectivity index is 1.36. The van der Waals surface area contributed by atoms with Gasteiger partial charge in [-0.1, -0.05) is 19.3 Å². The number of amides is 2. The van der Waals surface area contributed by atoms with Gasteiger partial charge in [-0.25, -0.2) is 4.39 Å². The molecule has 0 radical (unpaired) electrons. The Morgan fingerprint density at radius 2 is 1.50 bits per heavy atom. The van der Waals surface area contributed by atoms with E-state index in [4.69, 9.17) is 0 Å². The monoisotopic (exact) mass is 485 g/mol. The van der Waals surface area contributed by atoms with Crippen LogP contribution in [-0.4, -0.2) is 37.5 Å². The molecule has 3 rings (SSSR count). The molecule has 0 aliphatic heterocycles. The van der Waals surface area contributed by atoms with Gasteiger partial charge >= 0.3 is 6.18 Å². The van der Waals surface area contributed by atoms with Crippen LogP contribution in [0.25, 0.3) is 0 Å². The third kappa shape index (κ3) is 8.25. The van der Waals surface area contributed by atoms with E-state index in [0.717, 1.165) is 50.4 Å². The molecule has 2 aliphatic carbocycles. The Hall–Kier alpha value is -2.16. The van der Waals surface area contributed by atoms with Crippen molar-refractivity contribution in [3.05, 3.63) is 34.9 Å². The van der Waals surface area contributed by atoms with Gasteiger partial charge in [0.15, 0.2) is 0 Å². The molecule has 3 N–H and O–H groups in total. The Morgan fingerprint density at radius 3 is 2.15 bits per heavy atom. The van der Waals surface area contributed by atoms with E-state index in [1.165, 1.54) is 32.1 Å². The van der Waals surface area contributed by atoms with Crippen molar-refractivity contribution in [1.29, 1.82) is 0 Å². The van der Waals surface area contributed by atoms with Crippen LogP contribution in [0.1, 0.15) is 79.3 Å². The fraction of sp³-hybridized carbons (Fsp3) is 0.680. The van der Waals surface area contributed by atoms with Crippen LogP contribution >= 0.6 is 0 Å². The predicted molar refractivity (Wildman–Crippen MR) is 122 cm³/mol. The van der Waals surface area contributed by atoms with Gasteiger partial charge in [-0.3, -0.25) is 9.59 Å². The lowest BCUT2D eigenvalue weighted by Crippen LogP contribution is -2.43. The van der Waals surface area contributed by atoms with E-state index in [9.17, 15) is 27.2 Å². The second-order valence-corrected chi connectivity index (χ2v) is 9.67. The second kappa shape index (κ2) is 12.5. The minimum atomic E-state index is -4.64. The number of alkyl halides is 4. The molecular weight excluding hydrogens is 450 g/mol. The van der Waals surface area contributed by atoms with E-state index < -0.39 is 24.3 Å². The molecule has 34 heavy (non-hydrogen) atoms. The summed E-state index contributed by atoms with van der Waals surface area (Å²) in [6.07, 6.45) is 4.97. The Bertz CT molecular complexity index is 817. The largest absolute Gasteiger partial charge is 0.416 e. The summed E-state index contributed by atoms with van der Waals surface area (Å²) < 4.78 is 52.0. The van der Waals surface area contributed by atoms with E-state index in [2.05, 4.69) is 16.0 Å². The first-order chi connectivity index (χ1) is 16.2. The summed E-state index contributed by atoms with van der Waals surface area (Å²) in [6, 6.07) is 2.88. The molecule has 2 fully saturated rings. The van der Waals surface area contributed by atoms with Crippen LogP contribution in [0.3, 0.4) is 0 Å². The Morgan fingerprint density at radius 1 is 0.853 bits per heavy atom. The van der Waals surface area contributed by atoms with Gasteiger partial charge in [-0.2, -0.15) is 13.2 Å². The summed E-state index contributed by atoms with van der Waals surface area (Å²) in [6.45, 7) is 0.339. The van der Waals surface area contributed by atoms with Crippen molar-refractivity contribution in [2.24, 2.45) is 11.8 Å². The first-order valence-corrected chi connectivity index (χ1v) is 12.3. The average Bonchev–Trinajstić information content (AvgIpc) is 2.85. The Labute approximate surface area is 198 Å². The summed E-state index contributed by atoms with van der Waals surface area (Å²) >= 11 is 0. The van der Waals surface area contributed by atoms with E-state index in [-0.39, 0.29) is 29.0 Å². The van der Waals surface area contributed by atoms with Crippen LogP contribution in [0, 0.1) is 11.8 Å². The van der Waals surface area contributed by atoms with Gasteiger partial charge in [0.05, 0.1) is 12.1 Å². The molecule has 2 aliphatic rings. The van der Waals surface area contributed by atoms with E-state index >= 15 is 0 Å². The number of benzene rings is 1. The first kappa shape index (κ1) is 26.4. The van der Waals surface area contributed by atoms with Gasteiger partial charge in [0.2, 0.25) is 5.91 Å². The molecule has 0 bridgehead atoms. The highest BCUT2D eigenvalue weighted by atomic mass is 19.4. The van der Waals surface area contributed by atoms with Crippen molar-refractivity contribution < 1.29 is 27.2 Å². The highest BCUT2D eigenvalue weighted by Gasteiger charge is 2.32. The summed E-state index contributed by atoms with van der Waals surface area (Å²) in [5, 5.41) is 9.04. The van der Waals surface area contributed by atoms with Crippen molar-refractivity contribution in [3.63, 3.8) is 0 Å². The summed E-state index contributed by atoms with van der Waals surface area (Å²) in [5.74, 6) is 0.209. The fourth-order valence-corrected chi connectivity index (χ4v) is 4.92. The van der Waals surface area contributed by atoms with Crippen LogP contribution in [0.4, 0.5) is 17.6 Å². The molecule has 2 saturated carbocycles. The van der Waals surface area contributed by atoms with Crippen LogP contribution in [0.15, 0.2) is 18.2 Å². The molecule has 0 atom stereocenters. The molecule has 0 unspecified atom stereocenters. The molecule has 0 saturated heterocycles. The lowest BCUT2D eigenvalue weighted by atomic mass is 9.86. The number of hydrogen-bond acceptors (Lipinski definition) is 3. The average molecular weight is 486 g/mol. The van der Waals surface area contributed by atoms with Crippen molar-refractivity contribution in [3.8, 4) is 0 Å². The van der Waals surface area contributed by atoms with Crippen molar-refractivity contribution in [1.82, 2.24) is 16.0 Å². The number of carbonyl (C=O) groups is 2. The smallest absolute Gasteiger partial charge is 0.355 e. The number of hydrogen-bond donors (Lipinski definition) is 3. The third-order valence-corrected chi connectivity index (χ3v) is 7.00. The zero-order valence-electron chi connectivity index (χ0n) is 19.5. The molecular formula is C25H35F4N3O2. The highest BCUT2D eigenvalue weighted by Crippen LogP contribution is 2.31. The topological polar surface area (TPSA) is 70.2 Å². The summed E-state index contributed by atoms with van der Waals surface area (Å²) in [4.78, 5) is 24.5. The SMILES string of the molecule is O=C(CN[C@H]1CC[C@H](CNC(=O)c2cc(CF)cc(C(F)(F)F)c2)CC1)NCC1CCCCC1. The van der Waals surface area contributed by atoms with Crippen molar-refractivity contribution >= 4 is 11.8 Å². The number of nitrogens with one attached hydrogen (secondary N) is 3. The molecule has 0 heterocycles. The van der Waals surface area contributed by atoms with Gasteiger partial charge in [-0.05, 0) is 74.1 Å². The van der Waals surface area contributed by atoms with Gasteiger partial charge < -0.3 is 16.0 Å². The van der Waals surface area contributed by atoms with Crippen LogP contribution < -0.4 is 16.0 Å². The minimum absolute atomic E-state index is 0.0219. The fourth-order valence-electron chi connectivity index (χ4n) is 4.92. The molecule has 190 valence electrons. The molecule has 0 aromatic heterocycles. The first-order valence-electron chi connectivity index (χ1n) is 12.3. The number of rotatable bonds is 9. The summed E-state index contributed by atoms with van der Waals surface area (Å²) in [5.41, 5.74) is -1.38. The van der Waals surface area contributed by atoms with Crippen molar-refractivity contribution in [2.45, 2.75) is 76.7 Å². The van der Waals surface area contributed by atoms with E-state index in [0.29, 0.717) is 19.0 Å². The number of halogens is 4. The Kier molecular flexibility index (Phi) is 9.74. The molecule has 2 amide bonds. The third-order valence-electron chi connectivity index (χ3n) is 7.00. The van der Waals surface area contributed by atoms with E-state index in [1.54, 1.807) is 0 Å². The van der Waals surface area contributed by atoms with Crippen LogP contribution in [0.2, 0.25) is 0 Å². The molecule has 0 spiro atoms. The van der Waals surface area contributed by atoms with Crippen molar-refractivity contribution in [2.75, 3.05) is 19.6 Å². The van der Waals surface area contributed by atoms with Crippen LogP contribution in [0.5, 0.6) is 0 Å². The van der Waals surface area contributed by atoms with Crippen LogP contribution in [-0.2, 0) is 17.6 Å². The molecule has 9 heteroatoms. The molecule has 1 aromatic carbocycles. The minimum Gasteiger partial charge on any atom is -0.355 e. The highest BCUT2D eigenvalue weighted by molar-refractivity contribution is 5.94. The summed E-state index contributed by atoms with van der Waals surface area (Å²) in [7, 11) is 0. The predicted octanol–water partition coefficient (Wildman–Crippen LogP) is 4.75. The lowest BCUT2D eigenvalue weighted by Gasteiger charge is -2.29. The van der Waals surface area contributed by atoms with Gasteiger partial charge in [0.25, 0.3) is 5.91 Å². The molecule has 5 nitrogen and oxygen atoms in total. The molecule has 1 aromatic rings. The maximum atomic E-state index is 13.0. The van der Waals surface area contributed by atoms with Gasteiger partial charge in [-0.15, -0.1) is 0 Å². The zero-order chi connectivity index (χ0) is 24.6. The van der Waals surface area contributed by atoms with E-state index in [1.807, 2.05) is 0 Å². The van der Waals surface area contributed by atoms with Gasteiger partial charge in [0.1, 0.15) is 6.67 Å². The maximum absolute atomic E-state index is 13.0. The lowest BCUT2D eigenvalue weighted by molar-refractivity contribution is -0.137. The zero-order valence-corrected chi connectivity index (χ0v) is 19.5. The van der Waals surface area contributed by atoms with Gasteiger partial charge in [0, 0.05) is 24.7 Å². The maximum Gasteiger partial charge on any atom is 0.416 e. The normalized spacial score (nSPS) is 21.8. The quantitative estimate of drug-likeness (QED) is 0.442. The standard InChI is InChI=1S/C25H35F4N3O2/c26-13-19-10-20(12-21(11-19)25(27,28)29)24(34)32-15-18-6-8-22(9-7-18)30-16-23(33)31-14-17-4-2-1-3-5-17/h10-12,17-18,22,30H,1-9,13-16H2,(H,31,33)(H,32,34)/t18-,22-. The number of carbonyl (C=O) groups excluding carboxylic acids is 2.